The topological polar surface area (TPSA) is 75.6 Å². The van der Waals surface area contributed by atoms with Gasteiger partial charge in [0.25, 0.3) is 5.91 Å². The van der Waals surface area contributed by atoms with Crippen LogP contribution in [0.4, 0.5) is 10.1 Å². The minimum atomic E-state index is -1.17. The number of carboxylic acids is 1. The van der Waals surface area contributed by atoms with Gasteiger partial charge in [0.1, 0.15) is 11.6 Å². The summed E-state index contributed by atoms with van der Waals surface area (Å²) < 4.78 is 18.3. The average molecular weight is 281 g/mol. The zero-order valence-electron chi connectivity index (χ0n) is 11.5. The average Bonchev–Trinajstić information content (AvgIpc) is 2.40. The van der Waals surface area contributed by atoms with Crippen LogP contribution < -0.4 is 10.1 Å². The van der Waals surface area contributed by atoms with Crippen molar-refractivity contribution in [3.05, 3.63) is 35.2 Å². The number of anilines is 1. The lowest BCUT2D eigenvalue weighted by Gasteiger charge is -2.12. The molecule has 0 heterocycles. The lowest BCUT2D eigenvalue weighted by molar-refractivity contribution is -0.133. The summed E-state index contributed by atoms with van der Waals surface area (Å²) in [5.74, 6) is -2.03. The van der Waals surface area contributed by atoms with Crippen LogP contribution in [-0.4, -0.2) is 23.6 Å². The number of halogens is 1. The van der Waals surface area contributed by atoms with Crippen LogP contribution in [0.25, 0.3) is 0 Å². The number of carboxylic acid groups (broad SMARTS) is 1. The molecule has 0 aliphatic carbocycles. The van der Waals surface area contributed by atoms with Crippen LogP contribution >= 0.6 is 0 Å². The van der Waals surface area contributed by atoms with Gasteiger partial charge < -0.3 is 15.2 Å². The largest absolute Gasteiger partial charge is 0.492 e. The molecule has 0 aliphatic rings. The molecule has 0 aliphatic heterocycles. The summed E-state index contributed by atoms with van der Waals surface area (Å²) in [6.45, 7) is 4.79. The normalized spacial score (nSPS) is 11.6. The molecule has 1 rings (SSSR count). The van der Waals surface area contributed by atoms with Gasteiger partial charge in [0.15, 0.2) is 0 Å². The quantitative estimate of drug-likeness (QED) is 0.813. The molecular formula is C14H16FNO4. The van der Waals surface area contributed by atoms with Crippen LogP contribution in [0.15, 0.2) is 29.3 Å². The van der Waals surface area contributed by atoms with Crippen molar-refractivity contribution in [2.75, 3.05) is 11.9 Å². The Hall–Kier alpha value is -2.37. The van der Waals surface area contributed by atoms with Crippen LogP contribution in [0.1, 0.15) is 20.8 Å². The number of aliphatic carboxylic acids is 1. The number of hydrogen-bond acceptors (Lipinski definition) is 3. The Balaban J connectivity index is 3.02. The Morgan fingerprint density at radius 3 is 2.50 bits per heavy atom. The van der Waals surface area contributed by atoms with Gasteiger partial charge in [-0.15, -0.1) is 0 Å². The van der Waals surface area contributed by atoms with E-state index in [-0.39, 0.29) is 22.6 Å². The SMILES string of the molecule is CCOc1cc(F)ccc1NC(=O)C(C)=C(C)C(=O)O. The van der Waals surface area contributed by atoms with Gasteiger partial charge in [-0.25, -0.2) is 9.18 Å². The third kappa shape index (κ3) is 3.81. The van der Waals surface area contributed by atoms with Gasteiger partial charge in [0.05, 0.1) is 12.3 Å². The van der Waals surface area contributed by atoms with Gasteiger partial charge >= 0.3 is 5.97 Å². The first kappa shape index (κ1) is 15.7. The van der Waals surface area contributed by atoms with E-state index < -0.39 is 17.7 Å². The lowest BCUT2D eigenvalue weighted by Crippen LogP contribution is -2.17. The molecule has 20 heavy (non-hydrogen) atoms. The Kier molecular flexibility index (Phi) is 5.25. The van der Waals surface area contributed by atoms with E-state index in [1.54, 1.807) is 6.92 Å². The van der Waals surface area contributed by atoms with Crippen LogP contribution in [0.3, 0.4) is 0 Å². The van der Waals surface area contributed by atoms with Crippen molar-refractivity contribution in [2.24, 2.45) is 0 Å². The highest BCUT2D eigenvalue weighted by Crippen LogP contribution is 2.26. The fourth-order valence-corrected chi connectivity index (χ4v) is 1.42. The van der Waals surface area contributed by atoms with Crippen LogP contribution in [0, 0.1) is 5.82 Å². The van der Waals surface area contributed by atoms with Crippen LogP contribution in [-0.2, 0) is 9.59 Å². The number of amides is 1. The Bertz CT molecular complexity index is 566. The number of rotatable bonds is 5. The van der Waals surface area contributed by atoms with Crippen molar-refractivity contribution in [3.8, 4) is 5.75 Å². The van der Waals surface area contributed by atoms with Gasteiger partial charge in [-0.3, -0.25) is 4.79 Å². The van der Waals surface area contributed by atoms with E-state index >= 15 is 0 Å². The van der Waals surface area contributed by atoms with E-state index in [4.69, 9.17) is 9.84 Å². The van der Waals surface area contributed by atoms with Crippen molar-refractivity contribution in [1.29, 1.82) is 0 Å². The molecule has 6 heteroatoms. The standard InChI is InChI=1S/C14H16FNO4/c1-4-20-12-7-10(15)5-6-11(12)16-13(17)8(2)9(3)14(18)19/h5-7H,4H2,1-3H3,(H,16,17)(H,18,19). The van der Waals surface area contributed by atoms with E-state index in [1.165, 1.54) is 26.0 Å². The minimum Gasteiger partial charge on any atom is -0.492 e. The highest BCUT2D eigenvalue weighted by atomic mass is 19.1. The lowest BCUT2D eigenvalue weighted by atomic mass is 10.1. The molecule has 0 radical (unpaired) electrons. The fraction of sp³-hybridized carbons (Fsp3) is 0.286. The number of ether oxygens (including phenoxy) is 1. The molecule has 108 valence electrons. The second kappa shape index (κ2) is 6.70. The highest BCUT2D eigenvalue weighted by Gasteiger charge is 2.15. The van der Waals surface area contributed by atoms with E-state index in [0.29, 0.717) is 6.61 Å². The van der Waals surface area contributed by atoms with Crippen molar-refractivity contribution in [3.63, 3.8) is 0 Å². The smallest absolute Gasteiger partial charge is 0.331 e. The summed E-state index contributed by atoms with van der Waals surface area (Å²) in [6.07, 6.45) is 0. The predicted molar refractivity (Wildman–Crippen MR) is 72.2 cm³/mol. The van der Waals surface area contributed by atoms with Crippen molar-refractivity contribution >= 4 is 17.6 Å². The highest BCUT2D eigenvalue weighted by molar-refractivity contribution is 6.08. The summed E-state index contributed by atoms with van der Waals surface area (Å²) in [5.41, 5.74) is 0.308. The summed E-state index contributed by atoms with van der Waals surface area (Å²) in [5, 5.41) is 11.3. The van der Waals surface area contributed by atoms with E-state index in [1.807, 2.05) is 0 Å². The van der Waals surface area contributed by atoms with Gasteiger partial charge in [0, 0.05) is 17.2 Å². The molecule has 0 saturated heterocycles. The second-order valence-electron chi connectivity index (χ2n) is 4.08. The molecular weight excluding hydrogens is 265 g/mol. The zero-order chi connectivity index (χ0) is 15.3. The van der Waals surface area contributed by atoms with Crippen LogP contribution in [0.5, 0.6) is 5.75 Å². The van der Waals surface area contributed by atoms with E-state index in [0.717, 1.165) is 6.07 Å². The van der Waals surface area contributed by atoms with Gasteiger partial charge in [0.2, 0.25) is 0 Å². The molecule has 0 fully saturated rings. The summed E-state index contributed by atoms with van der Waals surface area (Å²) in [7, 11) is 0. The maximum atomic E-state index is 13.1. The molecule has 0 bridgehead atoms. The summed E-state index contributed by atoms with van der Waals surface area (Å²) >= 11 is 0. The van der Waals surface area contributed by atoms with E-state index in [9.17, 15) is 14.0 Å². The van der Waals surface area contributed by atoms with E-state index in [2.05, 4.69) is 5.32 Å². The van der Waals surface area contributed by atoms with Gasteiger partial charge in [-0.05, 0) is 32.9 Å². The first-order valence-corrected chi connectivity index (χ1v) is 6.01. The molecule has 1 aromatic rings. The Morgan fingerprint density at radius 2 is 1.95 bits per heavy atom. The molecule has 0 unspecified atom stereocenters. The fourth-order valence-electron chi connectivity index (χ4n) is 1.42. The minimum absolute atomic E-state index is 0.0532. The molecule has 0 spiro atoms. The molecule has 0 aromatic heterocycles. The second-order valence-corrected chi connectivity index (χ2v) is 4.08. The van der Waals surface area contributed by atoms with Gasteiger partial charge in [-0.1, -0.05) is 0 Å². The number of carbonyl (C=O) groups is 2. The molecule has 1 amide bonds. The Morgan fingerprint density at radius 1 is 1.30 bits per heavy atom. The van der Waals surface area contributed by atoms with Crippen molar-refractivity contribution in [1.82, 2.24) is 0 Å². The monoisotopic (exact) mass is 281 g/mol. The first-order valence-electron chi connectivity index (χ1n) is 6.01. The van der Waals surface area contributed by atoms with Crippen LogP contribution in [0.2, 0.25) is 0 Å². The third-order valence-corrected chi connectivity index (χ3v) is 2.72. The maximum Gasteiger partial charge on any atom is 0.331 e. The van der Waals surface area contributed by atoms with Crippen molar-refractivity contribution in [2.45, 2.75) is 20.8 Å². The number of carbonyl (C=O) groups excluding carboxylic acids is 1. The Labute approximate surface area is 116 Å². The molecule has 2 N–H and O–H groups in total. The summed E-state index contributed by atoms with van der Waals surface area (Å²) in [6, 6.07) is 3.70. The molecule has 0 saturated carbocycles. The molecule has 0 atom stereocenters. The predicted octanol–water partition coefficient (Wildman–Crippen LogP) is 2.58. The molecule has 5 nitrogen and oxygen atoms in total. The zero-order valence-corrected chi connectivity index (χ0v) is 11.5. The first-order chi connectivity index (χ1) is 9.36. The van der Waals surface area contributed by atoms with Gasteiger partial charge in [-0.2, -0.15) is 0 Å². The number of benzene rings is 1. The number of nitrogens with one attached hydrogen (secondary N) is 1. The summed E-state index contributed by atoms with van der Waals surface area (Å²) in [4.78, 5) is 22.7. The maximum absolute atomic E-state index is 13.1. The third-order valence-electron chi connectivity index (χ3n) is 2.72. The van der Waals surface area contributed by atoms with Crippen molar-refractivity contribution < 1.29 is 23.8 Å². The molecule has 1 aromatic carbocycles. The number of hydrogen-bond donors (Lipinski definition) is 2.